The number of rotatable bonds is 3. The van der Waals surface area contributed by atoms with Crippen molar-refractivity contribution >= 4 is 70.3 Å². The topological polar surface area (TPSA) is 53.5 Å². The Kier molecular flexibility index (Phi) is 5.17. The summed E-state index contributed by atoms with van der Waals surface area (Å²) >= 11 is -0.888. The maximum absolute atomic E-state index is 12.9. The number of hydrogen-bond acceptors (Lipinski definition) is 5. The summed E-state index contributed by atoms with van der Waals surface area (Å²) in [6, 6.07) is 33.9. The predicted molar refractivity (Wildman–Crippen MR) is 147 cm³/mol. The molecule has 0 saturated carbocycles. The first-order valence-electron chi connectivity index (χ1n) is 11.9. The molecule has 0 amide bonds. The molecule has 0 N–H and O–H groups in total. The van der Waals surface area contributed by atoms with Gasteiger partial charge in [0.2, 0.25) is 0 Å². The number of anilines is 6. The van der Waals surface area contributed by atoms with Gasteiger partial charge in [-0.25, -0.2) is 0 Å². The normalized spacial score (nSPS) is 13.9. The van der Waals surface area contributed by atoms with Crippen LogP contribution in [-0.4, -0.2) is 37.0 Å². The van der Waals surface area contributed by atoms with Crippen LogP contribution in [0, 0.1) is 0 Å². The summed E-state index contributed by atoms with van der Waals surface area (Å²) in [6.07, 6.45) is 3.63. The number of aromatic nitrogens is 1. The summed E-state index contributed by atoms with van der Waals surface area (Å²) in [5.74, 6) is 0.497. The van der Waals surface area contributed by atoms with Gasteiger partial charge in [-0.05, 0) is 0 Å². The van der Waals surface area contributed by atoms with Crippen molar-refractivity contribution in [2.45, 2.75) is 0 Å². The Labute approximate surface area is 223 Å². The second kappa shape index (κ2) is 8.70. The Hall–Kier alpha value is -4.24. The van der Waals surface area contributed by atoms with Gasteiger partial charge in [0.1, 0.15) is 0 Å². The minimum atomic E-state index is -0.888. The van der Waals surface area contributed by atoms with Gasteiger partial charge in [-0.3, -0.25) is 0 Å². The van der Waals surface area contributed by atoms with Crippen LogP contribution in [0.1, 0.15) is 24.3 Å². The van der Waals surface area contributed by atoms with Crippen molar-refractivity contribution in [1.82, 2.24) is 4.98 Å². The van der Waals surface area contributed by atoms with Gasteiger partial charge in [0.25, 0.3) is 0 Å². The molecule has 0 atom stereocenters. The third kappa shape index (κ3) is 3.49. The third-order valence-electron chi connectivity index (χ3n) is 6.62. The van der Waals surface area contributed by atoms with Crippen LogP contribution in [0.25, 0.3) is 6.08 Å². The second-order valence-electron chi connectivity index (χ2n) is 8.78. The van der Waals surface area contributed by atoms with Gasteiger partial charge in [0.05, 0.1) is 0 Å². The molecule has 176 valence electrons. The Morgan fingerprint density at radius 3 is 1.97 bits per heavy atom. The average Bonchev–Trinajstić information content (AvgIpc) is 3.51. The molecular weight excluding hydrogens is 574 g/mol. The van der Waals surface area contributed by atoms with Crippen LogP contribution in [0.2, 0.25) is 0 Å². The first-order chi connectivity index (χ1) is 18.2. The molecule has 3 aromatic carbocycles. The van der Waals surface area contributed by atoms with E-state index in [0.29, 0.717) is 11.1 Å². The molecule has 1 aliphatic heterocycles. The number of hydrogen-bond donors (Lipinski definition) is 0. The Bertz CT molecular complexity index is 1650. The number of Topliss-reactive ketones (excluding diaryl/α,β-unsaturated/α-hetero) is 2. The molecule has 5 nitrogen and oxygen atoms in total. The van der Waals surface area contributed by atoms with Crippen molar-refractivity contribution in [3.63, 3.8) is 0 Å². The molecule has 2 aliphatic rings. The van der Waals surface area contributed by atoms with Crippen LogP contribution in [0.3, 0.4) is 0 Å². The summed E-state index contributed by atoms with van der Waals surface area (Å²) < 4.78 is 2.21. The van der Waals surface area contributed by atoms with E-state index in [0.717, 1.165) is 35.8 Å². The molecular formula is C31H19N3O2Te. The molecule has 5 aromatic rings. The number of pyridine rings is 1. The van der Waals surface area contributed by atoms with E-state index in [9.17, 15) is 9.59 Å². The molecule has 0 radical (unpaired) electrons. The second-order valence-corrected chi connectivity index (χ2v) is 11.9. The third-order valence-corrected chi connectivity index (χ3v) is 9.53. The van der Waals surface area contributed by atoms with Crippen LogP contribution in [0.15, 0.2) is 115 Å². The zero-order chi connectivity index (χ0) is 24.9. The number of allylic oxidation sites excluding steroid dienone is 1. The van der Waals surface area contributed by atoms with Crippen molar-refractivity contribution in [2.75, 3.05) is 9.80 Å². The molecule has 0 fully saturated rings. The zero-order valence-corrected chi connectivity index (χ0v) is 21.9. The fourth-order valence-corrected chi connectivity index (χ4v) is 7.74. The number of carbonyl (C=O) groups is 2. The molecule has 0 bridgehead atoms. The molecule has 0 saturated heterocycles. The summed E-state index contributed by atoms with van der Waals surface area (Å²) in [5, 5.41) is 0. The quantitative estimate of drug-likeness (QED) is 0.128. The molecule has 7 rings (SSSR count). The van der Waals surface area contributed by atoms with Gasteiger partial charge in [0.15, 0.2) is 0 Å². The van der Waals surface area contributed by atoms with E-state index in [-0.39, 0.29) is 17.1 Å². The van der Waals surface area contributed by atoms with Crippen LogP contribution in [0.5, 0.6) is 0 Å². The van der Waals surface area contributed by atoms with Crippen LogP contribution in [0.4, 0.5) is 32.3 Å². The number of carbonyl (C=O) groups excluding carboxylic acids is 2. The van der Waals surface area contributed by atoms with Crippen LogP contribution >= 0.6 is 0 Å². The van der Waals surface area contributed by atoms with Gasteiger partial charge < -0.3 is 0 Å². The molecule has 0 unspecified atom stereocenters. The number of ketones is 2. The predicted octanol–water partition coefficient (Wildman–Crippen LogP) is 6.85. The van der Waals surface area contributed by atoms with Gasteiger partial charge in [-0.15, -0.1) is 0 Å². The summed E-state index contributed by atoms with van der Waals surface area (Å²) in [7, 11) is 0. The molecule has 2 aromatic heterocycles. The number of fused-ring (bicyclic) bond motifs is 3. The summed E-state index contributed by atoms with van der Waals surface area (Å²) in [6.45, 7) is 0. The summed E-state index contributed by atoms with van der Waals surface area (Å²) in [5.41, 5.74) is 5.46. The van der Waals surface area contributed by atoms with Gasteiger partial charge in [-0.1, -0.05) is 0 Å². The van der Waals surface area contributed by atoms with Gasteiger partial charge in [-0.2, -0.15) is 0 Å². The molecule has 6 heteroatoms. The molecule has 37 heavy (non-hydrogen) atoms. The van der Waals surface area contributed by atoms with E-state index in [1.165, 1.54) is 0 Å². The fraction of sp³-hybridized carbons (Fsp3) is 0. The van der Waals surface area contributed by atoms with Crippen molar-refractivity contribution in [3.8, 4) is 0 Å². The first-order valence-corrected chi connectivity index (χ1v) is 14.2. The average molecular weight is 593 g/mol. The molecule has 0 spiro atoms. The van der Waals surface area contributed by atoms with Crippen LogP contribution in [-0.2, 0) is 0 Å². The van der Waals surface area contributed by atoms with E-state index in [2.05, 4.69) is 52.3 Å². The van der Waals surface area contributed by atoms with Crippen molar-refractivity contribution in [2.24, 2.45) is 0 Å². The SMILES string of the molecule is O=C1C(=Cc2ccc(N3c4ccccc4N(c4ccccc4)c4cccnc43)[te]2)C(=O)c2ccccc21. The van der Waals surface area contributed by atoms with Crippen molar-refractivity contribution < 1.29 is 9.59 Å². The monoisotopic (exact) mass is 595 g/mol. The van der Waals surface area contributed by atoms with E-state index in [1.54, 1.807) is 24.3 Å². The van der Waals surface area contributed by atoms with Gasteiger partial charge in [0, 0.05) is 0 Å². The van der Waals surface area contributed by atoms with E-state index >= 15 is 0 Å². The van der Waals surface area contributed by atoms with E-state index in [4.69, 9.17) is 4.98 Å². The number of benzene rings is 3. The van der Waals surface area contributed by atoms with E-state index in [1.807, 2.05) is 48.7 Å². The Balaban J connectivity index is 1.33. The summed E-state index contributed by atoms with van der Waals surface area (Å²) in [4.78, 5) is 35.2. The van der Waals surface area contributed by atoms with Crippen molar-refractivity contribution in [3.05, 3.63) is 130 Å². The molecule has 3 heterocycles. The minimum absolute atomic E-state index is 0.184. The van der Waals surface area contributed by atoms with E-state index < -0.39 is 20.4 Å². The van der Waals surface area contributed by atoms with Crippen molar-refractivity contribution in [1.29, 1.82) is 0 Å². The van der Waals surface area contributed by atoms with Crippen LogP contribution < -0.4 is 9.80 Å². The fourth-order valence-electron chi connectivity index (χ4n) is 4.99. The zero-order valence-electron chi connectivity index (χ0n) is 19.5. The first kappa shape index (κ1) is 22.0. The van der Waals surface area contributed by atoms with Gasteiger partial charge >= 0.3 is 224 Å². The number of para-hydroxylation sites is 3. The standard InChI is InChI=1S/C31H19N3O2Te/c35-29-22-11-4-5-12-23(22)30(36)24(29)19-21-16-17-28(37-21)34-26-14-7-6-13-25(26)33(20-9-2-1-3-10-20)27-15-8-18-32-31(27)34/h1-19H. The number of nitrogens with zero attached hydrogens (tertiary/aromatic N) is 3. The Morgan fingerprint density at radius 1 is 0.622 bits per heavy atom. The Morgan fingerprint density at radius 2 is 1.24 bits per heavy atom. The maximum atomic E-state index is 12.9. The molecule has 1 aliphatic carbocycles.